The van der Waals surface area contributed by atoms with Gasteiger partial charge in [0.2, 0.25) is 0 Å². The fourth-order valence-electron chi connectivity index (χ4n) is 2.92. The first-order valence-corrected chi connectivity index (χ1v) is 8.92. The molecule has 2 aromatic rings. The fraction of sp³-hybridized carbons (Fsp3) is 0.316. The Morgan fingerprint density at radius 1 is 1.32 bits per heavy atom. The zero-order valence-electron chi connectivity index (χ0n) is 15.3. The number of urea groups is 1. The monoisotopic (exact) mass is 407 g/mol. The van der Waals surface area contributed by atoms with Gasteiger partial charge < -0.3 is 14.8 Å². The molecule has 1 saturated carbocycles. The predicted molar refractivity (Wildman–Crippen MR) is 101 cm³/mol. The molecule has 1 aromatic heterocycles. The minimum atomic E-state index is -0.495. The summed E-state index contributed by atoms with van der Waals surface area (Å²) in [7, 11) is 1.43. The van der Waals surface area contributed by atoms with Crippen LogP contribution in [0.15, 0.2) is 30.5 Å². The van der Waals surface area contributed by atoms with E-state index >= 15 is 0 Å². The summed E-state index contributed by atoms with van der Waals surface area (Å²) in [5.41, 5.74) is 0.536. The molecule has 0 aliphatic heterocycles. The van der Waals surface area contributed by atoms with Crippen LogP contribution < -0.4 is 15.4 Å². The number of amides is 2. The van der Waals surface area contributed by atoms with E-state index in [0.717, 1.165) is 0 Å². The highest BCUT2D eigenvalue weighted by Gasteiger charge is 2.44. The van der Waals surface area contributed by atoms with Crippen molar-refractivity contribution in [3.05, 3.63) is 52.4 Å². The molecule has 9 heteroatoms. The van der Waals surface area contributed by atoms with Crippen LogP contribution in [0.1, 0.15) is 35.2 Å². The second-order valence-electron chi connectivity index (χ2n) is 6.35. The first-order valence-electron chi connectivity index (χ1n) is 8.54. The number of carbonyl (C=O) groups is 2. The minimum absolute atomic E-state index is 0.121. The third kappa shape index (κ3) is 4.58. The molecule has 2 N–H and O–H groups in total. The van der Waals surface area contributed by atoms with Crippen LogP contribution in [0, 0.1) is 5.82 Å². The maximum absolute atomic E-state index is 14.5. The van der Waals surface area contributed by atoms with E-state index in [1.807, 2.05) is 0 Å². The van der Waals surface area contributed by atoms with Crippen LogP contribution in [0.3, 0.4) is 0 Å². The molecule has 1 fully saturated rings. The van der Waals surface area contributed by atoms with E-state index in [1.54, 1.807) is 12.1 Å². The van der Waals surface area contributed by atoms with Crippen LogP contribution in [0.25, 0.3) is 0 Å². The summed E-state index contributed by atoms with van der Waals surface area (Å²) in [4.78, 5) is 28.0. The number of nitrogens with one attached hydrogen (secondary N) is 2. The number of ether oxygens (including phenoxy) is 2. The number of anilines is 1. The van der Waals surface area contributed by atoms with Crippen LogP contribution in [0.5, 0.6) is 5.75 Å². The van der Waals surface area contributed by atoms with Gasteiger partial charge in [-0.3, -0.25) is 10.1 Å². The molecular formula is C19H19ClFN3O4. The SMILES string of the molecule is COCOc1c(C(C)=O)ccc(F)c1[C@H]1C[C@H]1NC(=O)Nc1ccc(Cl)cn1. The lowest BCUT2D eigenvalue weighted by Crippen LogP contribution is -2.31. The number of benzene rings is 1. The lowest BCUT2D eigenvalue weighted by Gasteiger charge is -2.15. The van der Waals surface area contributed by atoms with Crippen LogP contribution >= 0.6 is 11.6 Å². The number of nitrogens with zero attached hydrogens (tertiary/aromatic N) is 1. The second-order valence-corrected chi connectivity index (χ2v) is 6.79. The quantitative estimate of drug-likeness (QED) is 0.539. The van der Waals surface area contributed by atoms with Crippen molar-refractivity contribution >= 4 is 29.2 Å². The molecule has 1 aromatic carbocycles. The number of pyridine rings is 1. The Morgan fingerprint density at radius 3 is 2.75 bits per heavy atom. The van der Waals surface area contributed by atoms with Gasteiger partial charge in [-0.05, 0) is 37.6 Å². The maximum Gasteiger partial charge on any atom is 0.320 e. The Labute approximate surface area is 166 Å². The molecule has 28 heavy (non-hydrogen) atoms. The van der Waals surface area contributed by atoms with E-state index in [1.165, 1.54) is 32.4 Å². The molecule has 0 bridgehead atoms. The Kier molecular flexibility index (Phi) is 6.11. The number of hydrogen-bond acceptors (Lipinski definition) is 5. The van der Waals surface area contributed by atoms with Crippen LogP contribution in [-0.2, 0) is 4.74 Å². The third-order valence-electron chi connectivity index (χ3n) is 4.29. The Hall–Kier alpha value is -2.71. The molecule has 0 saturated heterocycles. The molecule has 1 heterocycles. The number of aromatic nitrogens is 1. The normalized spacial score (nSPS) is 17.7. The highest BCUT2D eigenvalue weighted by Crippen LogP contribution is 2.47. The van der Waals surface area contributed by atoms with Crippen LogP contribution in [-0.4, -0.2) is 36.7 Å². The molecule has 0 spiro atoms. The molecular weight excluding hydrogens is 389 g/mol. The Bertz CT molecular complexity index is 891. The van der Waals surface area contributed by atoms with Gasteiger partial charge in [-0.1, -0.05) is 11.6 Å². The topological polar surface area (TPSA) is 89.5 Å². The van der Waals surface area contributed by atoms with E-state index in [9.17, 15) is 14.0 Å². The molecule has 2 amide bonds. The highest BCUT2D eigenvalue weighted by molar-refractivity contribution is 6.30. The van der Waals surface area contributed by atoms with E-state index in [0.29, 0.717) is 17.3 Å². The fourth-order valence-corrected chi connectivity index (χ4v) is 3.03. The second kappa shape index (κ2) is 8.53. The van der Waals surface area contributed by atoms with Crippen molar-refractivity contribution in [2.45, 2.75) is 25.3 Å². The van der Waals surface area contributed by atoms with Crippen molar-refractivity contribution < 1.29 is 23.5 Å². The van der Waals surface area contributed by atoms with E-state index in [2.05, 4.69) is 15.6 Å². The van der Waals surface area contributed by atoms with Gasteiger partial charge in [-0.15, -0.1) is 0 Å². The largest absolute Gasteiger partial charge is 0.466 e. The standard InChI is InChI=1S/C19H19ClFN3O4/c1-10(25)12-4-5-14(21)17(18(12)28-9-27-2)13-7-15(13)23-19(26)24-16-6-3-11(20)8-22-16/h3-6,8,13,15H,7,9H2,1-2H3,(H2,22,23,24,26)/t13-,15+/m0/s1. The minimum Gasteiger partial charge on any atom is -0.466 e. The van der Waals surface area contributed by atoms with Gasteiger partial charge in [-0.25, -0.2) is 14.2 Å². The molecule has 7 nitrogen and oxygen atoms in total. The van der Waals surface area contributed by atoms with Gasteiger partial charge in [0.05, 0.1) is 10.6 Å². The van der Waals surface area contributed by atoms with Crippen molar-refractivity contribution in [2.24, 2.45) is 0 Å². The van der Waals surface area contributed by atoms with Gasteiger partial charge in [0.1, 0.15) is 17.4 Å². The highest BCUT2D eigenvalue weighted by atomic mass is 35.5. The lowest BCUT2D eigenvalue weighted by atomic mass is 10.0. The van der Waals surface area contributed by atoms with E-state index in [4.69, 9.17) is 21.1 Å². The molecule has 3 rings (SSSR count). The Balaban J connectivity index is 1.72. The zero-order chi connectivity index (χ0) is 20.3. The summed E-state index contributed by atoms with van der Waals surface area (Å²) in [6.45, 7) is 1.26. The summed E-state index contributed by atoms with van der Waals surface area (Å²) < 4.78 is 24.9. The molecule has 2 atom stereocenters. The van der Waals surface area contributed by atoms with Gasteiger partial charge >= 0.3 is 6.03 Å². The number of methoxy groups -OCH3 is 1. The van der Waals surface area contributed by atoms with Gasteiger partial charge in [0.25, 0.3) is 0 Å². The molecule has 0 unspecified atom stereocenters. The van der Waals surface area contributed by atoms with E-state index < -0.39 is 11.8 Å². The number of ketones is 1. The number of hydrogen-bond donors (Lipinski definition) is 2. The van der Waals surface area contributed by atoms with Gasteiger partial charge in [0.15, 0.2) is 12.6 Å². The number of carbonyl (C=O) groups excluding carboxylic acids is 2. The molecule has 1 aliphatic carbocycles. The van der Waals surface area contributed by atoms with Gasteiger partial charge in [0, 0.05) is 30.8 Å². The lowest BCUT2D eigenvalue weighted by molar-refractivity contribution is 0.0493. The average Bonchev–Trinajstić information content (AvgIpc) is 3.39. The van der Waals surface area contributed by atoms with Crippen molar-refractivity contribution in [1.29, 1.82) is 0 Å². The molecule has 0 radical (unpaired) electrons. The third-order valence-corrected chi connectivity index (χ3v) is 4.51. The van der Waals surface area contributed by atoms with Gasteiger partial charge in [-0.2, -0.15) is 0 Å². The first-order chi connectivity index (χ1) is 13.4. The van der Waals surface area contributed by atoms with Crippen molar-refractivity contribution in [1.82, 2.24) is 10.3 Å². The first kappa shape index (κ1) is 20.0. The number of Topliss-reactive ketones (excluding diaryl/α,β-unsaturated/α-hetero) is 1. The Morgan fingerprint density at radius 2 is 2.11 bits per heavy atom. The predicted octanol–water partition coefficient (Wildman–Crippen LogP) is 3.74. The maximum atomic E-state index is 14.5. The zero-order valence-corrected chi connectivity index (χ0v) is 16.0. The summed E-state index contributed by atoms with van der Waals surface area (Å²) >= 11 is 5.76. The van der Waals surface area contributed by atoms with Crippen LogP contribution in [0.4, 0.5) is 15.0 Å². The van der Waals surface area contributed by atoms with E-state index in [-0.39, 0.29) is 41.4 Å². The van der Waals surface area contributed by atoms with Crippen molar-refractivity contribution in [3.63, 3.8) is 0 Å². The smallest absolute Gasteiger partial charge is 0.320 e. The van der Waals surface area contributed by atoms with Crippen LogP contribution in [0.2, 0.25) is 5.02 Å². The number of rotatable bonds is 7. The molecule has 148 valence electrons. The van der Waals surface area contributed by atoms with Crippen molar-refractivity contribution in [3.8, 4) is 5.75 Å². The summed E-state index contributed by atoms with van der Waals surface area (Å²) in [6, 6.07) is 5.03. The molecule has 1 aliphatic rings. The average molecular weight is 408 g/mol. The summed E-state index contributed by atoms with van der Waals surface area (Å²) in [5, 5.41) is 5.81. The number of halogens is 2. The van der Waals surface area contributed by atoms with Crippen molar-refractivity contribution in [2.75, 3.05) is 19.2 Å². The summed E-state index contributed by atoms with van der Waals surface area (Å²) in [6.07, 6.45) is 1.93. The summed E-state index contributed by atoms with van der Waals surface area (Å²) in [5.74, 6) is -0.555.